The summed E-state index contributed by atoms with van der Waals surface area (Å²) in [6, 6.07) is 6.85. The molecule has 1 aromatic rings. The number of nitrogens with zero attached hydrogens (tertiary/aromatic N) is 3. The number of piperazine rings is 1. The van der Waals surface area contributed by atoms with Gasteiger partial charge in [-0.15, -0.1) is 24.0 Å². The quantitative estimate of drug-likeness (QED) is 0.399. The molecule has 0 radical (unpaired) electrons. The van der Waals surface area contributed by atoms with Crippen LogP contribution in [0.2, 0.25) is 0 Å². The van der Waals surface area contributed by atoms with Crippen molar-refractivity contribution in [3.8, 4) is 0 Å². The van der Waals surface area contributed by atoms with Crippen molar-refractivity contribution in [3.05, 3.63) is 35.6 Å². The van der Waals surface area contributed by atoms with E-state index in [-0.39, 0.29) is 41.3 Å². The Labute approximate surface area is 178 Å². The lowest BCUT2D eigenvalue weighted by atomic mass is 9.84. The smallest absolute Gasteiger partial charge is 0.409 e. The fourth-order valence-electron chi connectivity index (χ4n) is 3.05. The van der Waals surface area contributed by atoms with Crippen LogP contribution in [0.25, 0.3) is 0 Å². The number of aliphatic imine (C=N–C) groups is 1. The largest absolute Gasteiger partial charge is 0.450 e. The molecular weight excluding hydrogens is 462 g/mol. The normalized spacial score (nSPS) is 15.2. The summed E-state index contributed by atoms with van der Waals surface area (Å²) >= 11 is 0. The average molecular weight is 492 g/mol. The summed E-state index contributed by atoms with van der Waals surface area (Å²) in [6.45, 7) is 9.29. The SMILES string of the molecule is CCOC(=O)N1CCN(C(=NC)NCC(C)(C)c2ccccc2F)CC1.I. The summed E-state index contributed by atoms with van der Waals surface area (Å²) in [5.74, 6) is 0.565. The molecule has 0 bridgehead atoms. The Balaban J connectivity index is 0.00000364. The number of hydrogen-bond acceptors (Lipinski definition) is 3. The van der Waals surface area contributed by atoms with Crippen molar-refractivity contribution >= 4 is 36.0 Å². The molecule has 0 atom stereocenters. The summed E-state index contributed by atoms with van der Waals surface area (Å²) in [6.07, 6.45) is -0.268. The van der Waals surface area contributed by atoms with Crippen molar-refractivity contribution in [1.29, 1.82) is 0 Å². The van der Waals surface area contributed by atoms with Gasteiger partial charge >= 0.3 is 6.09 Å². The van der Waals surface area contributed by atoms with Gasteiger partial charge in [0, 0.05) is 45.2 Å². The van der Waals surface area contributed by atoms with Gasteiger partial charge in [-0.25, -0.2) is 9.18 Å². The first-order valence-corrected chi connectivity index (χ1v) is 9.01. The highest BCUT2D eigenvalue weighted by atomic mass is 127. The number of guanidine groups is 1. The molecule has 1 aliphatic rings. The molecule has 1 saturated heterocycles. The van der Waals surface area contributed by atoms with Gasteiger partial charge in [0.25, 0.3) is 0 Å². The molecule has 1 amide bonds. The van der Waals surface area contributed by atoms with Crippen LogP contribution >= 0.6 is 24.0 Å². The molecule has 0 unspecified atom stereocenters. The van der Waals surface area contributed by atoms with Crippen LogP contribution in [0.5, 0.6) is 0 Å². The van der Waals surface area contributed by atoms with E-state index in [0.29, 0.717) is 44.9 Å². The van der Waals surface area contributed by atoms with Crippen molar-refractivity contribution in [2.24, 2.45) is 4.99 Å². The fraction of sp³-hybridized carbons (Fsp3) is 0.579. The molecule has 1 aromatic carbocycles. The maximum atomic E-state index is 14.1. The zero-order valence-electron chi connectivity index (χ0n) is 16.5. The molecular formula is C19H30FIN4O2. The van der Waals surface area contributed by atoms with Crippen molar-refractivity contribution in [2.45, 2.75) is 26.2 Å². The van der Waals surface area contributed by atoms with Crippen molar-refractivity contribution in [2.75, 3.05) is 46.4 Å². The highest BCUT2D eigenvalue weighted by Crippen LogP contribution is 2.24. The van der Waals surface area contributed by atoms with Gasteiger partial charge in [0.1, 0.15) is 5.82 Å². The van der Waals surface area contributed by atoms with E-state index in [4.69, 9.17) is 4.74 Å². The molecule has 27 heavy (non-hydrogen) atoms. The van der Waals surface area contributed by atoms with Crippen LogP contribution in [0.1, 0.15) is 26.3 Å². The highest BCUT2D eigenvalue weighted by molar-refractivity contribution is 14.0. The molecule has 0 spiro atoms. The summed E-state index contributed by atoms with van der Waals surface area (Å²) in [4.78, 5) is 19.9. The fourth-order valence-corrected chi connectivity index (χ4v) is 3.05. The third-order valence-electron chi connectivity index (χ3n) is 4.61. The minimum absolute atomic E-state index is 0. The molecule has 0 saturated carbocycles. The number of carbonyl (C=O) groups excluding carboxylic acids is 1. The van der Waals surface area contributed by atoms with E-state index in [1.807, 2.05) is 26.0 Å². The summed E-state index contributed by atoms with van der Waals surface area (Å²) in [5.41, 5.74) is 0.295. The number of carbonyl (C=O) groups is 1. The van der Waals surface area contributed by atoms with Gasteiger partial charge in [-0.2, -0.15) is 0 Å². The zero-order valence-corrected chi connectivity index (χ0v) is 18.8. The third-order valence-corrected chi connectivity index (χ3v) is 4.61. The molecule has 6 nitrogen and oxygen atoms in total. The van der Waals surface area contributed by atoms with E-state index in [1.54, 1.807) is 24.9 Å². The summed E-state index contributed by atoms with van der Waals surface area (Å²) in [5, 5.41) is 3.35. The first kappa shape index (κ1) is 23.5. The average Bonchev–Trinajstić information content (AvgIpc) is 2.63. The van der Waals surface area contributed by atoms with Gasteiger partial charge in [-0.3, -0.25) is 4.99 Å². The Morgan fingerprint density at radius 1 is 1.22 bits per heavy atom. The molecule has 1 aliphatic heterocycles. The van der Waals surface area contributed by atoms with E-state index in [2.05, 4.69) is 15.2 Å². The minimum atomic E-state index is -0.381. The van der Waals surface area contributed by atoms with E-state index in [9.17, 15) is 9.18 Å². The number of rotatable bonds is 4. The van der Waals surface area contributed by atoms with E-state index in [1.165, 1.54) is 6.07 Å². The number of amides is 1. The molecule has 0 aromatic heterocycles. The van der Waals surface area contributed by atoms with Gasteiger partial charge in [-0.1, -0.05) is 32.0 Å². The van der Waals surface area contributed by atoms with Crippen LogP contribution in [0.4, 0.5) is 9.18 Å². The predicted molar refractivity (Wildman–Crippen MR) is 116 cm³/mol. The van der Waals surface area contributed by atoms with Crippen LogP contribution < -0.4 is 5.32 Å². The predicted octanol–water partition coefficient (Wildman–Crippen LogP) is 3.07. The monoisotopic (exact) mass is 492 g/mol. The topological polar surface area (TPSA) is 57.2 Å². The van der Waals surface area contributed by atoms with Gasteiger partial charge < -0.3 is 19.9 Å². The van der Waals surface area contributed by atoms with Crippen LogP contribution in [0, 0.1) is 5.82 Å². The van der Waals surface area contributed by atoms with Crippen molar-refractivity contribution < 1.29 is 13.9 Å². The third kappa shape index (κ3) is 6.22. The Bertz CT molecular complexity index is 646. The molecule has 1 N–H and O–H groups in total. The Morgan fingerprint density at radius 3 is 2.37 bits per heavy atom. The first-order valence-electron chi connectivity index (χ1n) is 9.01. The van der Waals surface area contributed by atoms with Crippen LogP contribution in [0.3, 0.4) is 0 Å². The maximum Gasteiger partial charge on any atom is 0.409 e. The van der Waals surface area contributed by atoms with Gasteiger partial charge in [0.15, 0.2) is 5.96 Å². The lowest BCUT2D eigenvalue weighted by Gasteiger charge is -2.37. The van der Waals surface area contributed by atoms with Crippen molar-refractivity contribution in [1.82, 2.24) is 15.1 Å². The number of hydrogen-bond donors (Lipinski definition) is 1. The van der Waals surface area contributed by atoms with Crippen LogP contribution in [0.15, 0.2) is 29.3 Å². The Morgan fingerprint density at radius 2 is 1.81 bits per heavy atom. The summed E-state index contributed by atoms with van der Waals surface area (Å²) in [7, 11) is 1.73. The van der Waals surface area contributed by atoms with Gasteiger partial charge in [-0.05, 0) is 18.6 Å². The molecule has 2 rings (SSSR count). The van der Waals surface area contributed by atoms with Gasteiger partial charge in [0.2, 0.25) is 0 Å². The zero-order chi connectivity index (χ0) is 19.2. The van der Waals surface area contributed by atoms with Crippen molar-refractivity contribution in [3.63, 3.8) is 0 Å². The lowest BCUT2D eigenvalue weighted by Crippen LogP contribution is -2.55. The van der Waals surface area contributed by atoms with E-state index >= 15 is 0 Å². The Kier molecular flexibility index (Phi) is 9.28. The second kappa shape index (κ2) is 10.7. The Hall–Kier alpha value is -1.58. The van der Waals surface area contributed by atoms with Crippen LogP contribution in [-0.2, 0) is 10.2 Å². The summed E-state index contributed by atoms with van der Waals surface area (Å²) < 4.78 is 19.2. The number of nitrogens with one attached hydrogen (secondary N) is 1. The second-order valence-electron chi connectivity index (χ2n) is 6.94. The highest BCUT2D eigenvalue weighted by Gasteiger charge is 2.27. The molecule has 152 valence electrons. The number of benzene rings is 1. The molecule has 0 aliphatic carbocycles. The van der Waals surface area contributed by atoms with Gasteiger partial charge in [0.05, 0.1) is 6.61 Å². The van der Waals surface area contributed by atoms with Crippen LogP contribution in [-0.4, -0.2) is 68.2 Å². The molecule has 8 heteroatoms. The second-order valence-corrected chi connectivity index (χ2v) is 6.94. The molecule has 1 fully saturated rings. The molecule has 1 heterocycles. The number of ether oxygens (including phenoxy) is 1. The van der Waals surface area contributed by atoms with E-state index < -0.39 is 0 Å². The van der Waals surface area contributed by atoms with E-state index in [0.717, 1.165) is 5.96 Å². The number of halogens is 2. The first-order chi connectivity index (χ1) is 12.4. The maximum absolute atomic E-state index is 14.1. The minimum Gasteiger partial charge on any atom is -0.450 e. The lowest BCUT2D eigenvalue weighted by molar-refractivity contribution is 0.0914. The standard InChI is InChI=1S/C19H29FN4O2.HI/c1-5-26-18(25)24-12-10-23(11-13-24)17(21-4)22-14-19(2,3)15-8-6-7-9-16(15)20;/h6-9H,5,10-14H2,1-4H3,(H,21,22);1H.